The molecule has 6 nitrogen and oxygen atoms in total. The highest BCUT2D eigenvalue weighted by Crippen LogP contribution is 2.42. The zero-order valence-corrected chi connectivity index (χ0v) is 17.8. The maximum absolute atomic E-state index is 6.23. The molecule has 154 valence electrons. The van der Waals surface area contributed by atoms with Crippen LogP contribution in [0.3, 0.4) is 0 Å². The maximum atomic E-state index is 6.23. The predicted octanol–water partition coefficient (Wildman–Crippen LogP) is 4.29. The molecular formula is C24H27N5O. The fraction of sp³-hybridized carbons (Fsp3) is 0.333. The second-order valence-corrected chi connectivity index (χ2v) is 8.25. The second kappa shape index (κ2) is 7.61. The lowest BCUT2D eigenvalue weighted by Crippen LogP contribution is -2.44. The molecule has 3 heterocycles. The van der Waals surface area contributed by atoms with Crippen molar-refractivity contribution in [3.8, 4) is 11.6 Å². The molecule has 30 heavy (non-hydrogen) atoms. The first-order chi connectivity index (χ1) is 14.6. The molecule has 3 aromatic rings. The zero-order chi connectivity index (χ0) is 20.7. The van der Waals surface area contributed by atoms with Crippen LogP contribution in [0.2, 0.25) is 0 Å². The van der Waals surface area contributed by atoms with Gasteiger partial charge in [0, 0.05) is 43.5 Å². The summed E-state index contributed by atoms with van der Waals surface area (Å²) < 4.78 is 6.23. The fourth-order valence-corrected chi connectivity index (χ4v) is 4.03. The van der Waals surface area contributed by atoms with E-state index in [2.05, 4.69) is 82.2 Å². The number of benzene rings is 2. The summed E-state index contributed by atoms with van der Waals surface area (Å²) in [5, 5.41) is 9.04. The molecule has 0 spiro atoms. The lowest BCUT2D eigenvalue weighted by Gasteiger charge is -2.33. The van der Waals surface area contributed by atoms with E-state index in [1.165, 1.54) is 11.1 Å². The Morgan fingerprint density at radius 2 is 1.67 bits per heavy atom. The van der Waals surface area contributed by atoms with E-state index in [4.69, 9.17) is 4.74 Å². The minimum Gasteiger partial charge on any atom is -0.436 e. The van der Waals surface area contributed by atoms with Crippen molar-refractivity contribution in [2.45, 2.75) is 20.4 Å². The summed E-state index contributed by atoms with van der Waals surface area (Å²) in [6, 6.07) is 16.9. The Kier molecular flexibility index (Phi) is 4.79. The van der Waals surface area contributed by atoms with Crippen LogP contribution in [0, 0.1) is 13.8 Å². The average Bonchev–Trinajstić information content (AvgIpc) is 2.92. The van der Waals surface area contributed by atoms with Crippen LogP contribution in [0.5, 0.6) is 11.6 Å². The van der Waals surface area contributed by atoms with Crippen molar-refractivity contribution < 1.29 is 4.74 Å². The van der Waals surface area contributed by atoms with E-state index in [-0.39, 0.29) is 0 Å². The molecule has 2 aliphatic rings. The van der Waals surface area contributed by atoms with Gasteiger partial charge in [0.15, 0.2) is 5.82 Å². The predicted molar refractivity (Wildman–Crippen MR) is 120 cm³/mol. The van der Waals surface area contributed by atoms with Gasteiger partial charge in [-0.05, 0) is 50.2 Å². The third-order valence-electron chi connectivity index (χ3n) is 6.16. The lowest BCUT2D eigenvalue weighted by molar-refractivity contribution is 0.311. The number of rotatable bonds is 2. The molecule has 0 atom stereocenters. The molecule has 2 aromatic carbocycles. The highest BCUT2D eigenvalue weighted by molar-refractivity contribution is 5.72. The number of para-hydroxylation sites is 1. The molecular weight excluding hydrogens is 374 g/mol. The number of piperazine rings is 1. The van der Waals surface area contributed by atoms with Crippen molar-refractivity contribution in [1.29, 1.82) is 0 Å². The first-order valence-corrected chi connectivity index (χ1v) is 10.5. The number of likely N-dealkylation sites (N-methyl/N-ethyl adjacent to an activating group) is 1. The molecule has 0 bridgehead atoms. The largest absolute Gasteiger partial charge is 0.436 e. The molecule has 0 radical (unpaired) electrons. The molecule has 2 aliphatic heterocycles. The van der Waals surface area contributed by atoms with Crippen LogP contribution in [-0.2, 0) is 6.54 Å². The smallest absolute Gasteiger partial charge is 0.263 e. The number of hydrogen-bond donors (Lipinski definition) is 0. The summed E-state index contributed by atoms with van der Waals surface area (Å²) >= 11 is 0. The van der Waals surface area contributed by atoms with Crippen molar-refractivity contribution in [3.63, 3.8) is 0 Å². The summed E-state index contributed by atoms with van der Waals surface area (Å²) in [4.78, 5) is 6.94. The number of hydrogen-bond acceptors (Lipinski definition) is 6. The first kappa shape index (κ1) is 18.9. The molecule has 1 aromatic heterocycles. The monoisotopic (exact) mass is 401 g/mol. The van der Waals surface area contributed by atoms with Crippen LogP contribution in [-0.4, -0.2) is 48.3 Å². The van der Waals surface area contributed by atoms with Crippen molar-refractivity contribution in [1.82, 2.24) is 15.1 Å². The van der Waals surface area contributed by atoms with E-state index in [1.54, 1.807) is 0 Å². The number of anilines is 3. The molecule has 0 unspecified atom stereocenters. The van der Waals surface area contributed by atoms with E-state index in [1.807, 2.05) is 12.1 Å². The normalized spacial score (nSPS) is 16.5. The fourth-order valence-electron chi connectivity index (χ4n) is 4.03. The molecule has 0 aliphatic carbocycles. The summed E-state index contributed by atoms with van der Waals surface area (Å²) in [5.74, 6) is 2.30. The van der Waals surface area contributed by atoms with Crippen molar-refractivity contribution in [2.75, 3.05) is 43.0 Å². The number of aryl methyl sites for hydroxylation is 2. The van der Waals surface area contributed by atoms with E-state index in [0.29, 0.717) is 5.88 Å². The van der Waals surface area contributed by atoms with Crippen LogP contribution in [0.1, 0.15) is 16.7 Å². The molecule has 5 rings (SSSR count). The van der Waals surface area contributed by atoms with Gasteiger partial charge in [-0.3, -0.25) is 0 Å². The van der Waals surface area contributed by atoms with Crippen LogP contribution in [0.4, 0.5) is 17.2 Å². The van der Waals surface area contributed by atoms with Crippen LogP contribution in [0.15, 0.2) is 48.5 Å². The Bertz CT molecular complexity index is 1070. The van der Waals surface area contributed by atoms with Gasteiger partial charge in [0.05, 0.1) is 6.54 Å². The third kappa shape index (κ3) is 3.48. The van der Waals surface area contributed by atoms with Crippen molar-refractivity contribution in [3.05, 3.63) is 65.2 Å². The Hall–Kier alpha value is -3.12. The van der Waals surface area contributed by atoms with Gasteiger partial charge in [0.25, 0.3) is 5.88 Å². The minimum absolute atomic E-state index is 0.552. The number of ether oxygens (including phenoxy) is 1. The van der Waals surface area contributed by atoms with Crippen LogP contribution >= 0.6 is 0 Å². The Balaban J connectivity index is 1.60. The minimum atomic E-state index is 0.552. The summed E-state index contributed by atoms with van der Waals surface area (Å²) in [6.45, 7) is 8.99. The Labute approximate surface area is 177 Å². The van der Waals surface area contributed by atoms with Gasteiger partial charge in [-0.2, -0.15) is 0 Å². The summed E-state index contributed by atoms with van der Waals surface area (Å²) in [7, 11) is 2.16. The molecule has 0 N–H and O–H groups in total. The quantitative estimate of drug-likeness (QED) is 0.638. The molecule has 0 amide bonds. The SMILES string of the molecule is Cc1ccc(N2Cc3ccccc3Oc3nnc(N4CCN(C)CC4)cc32)cc1C. The van der Waals surface area contributed by atoms with E-state index in [0.717, 1.165) is 61.2 Å². The first-order valence-electron chi connectivity index (χ1n) is 10.5. The molecule has 0 saturated carbocycles. The Morgan fingerprint density at radius 1 is 0.867 bits per heavy atom. The third-order valence-corrected chi connectivity index (χ3v) is 6.16. The van der Waals surface area contributed by atoms with Gasteiger partial charge in [-0.25, -0.2) is 0 Å². The van der Waals surface area contributed by atoms with Crippen LogP contribution in [0.25, 0.3) is 0 Å². The molecule has 1 fully saturated rings. The second-order valence-electron chi connectivity index (χ2n) is 8.25. The summed E-state index contributed by atoms with van der Waals surface area (Å²) in [6.07, 6.45) is 0. The maximum Gasteiger partial charge on any atom is 0.263 e. The van der Waals surface area contributed by atoms with E-state index < -0.39 is 0 Å². The molecule has 1 saturated heterocycles. The highest BCUT2D eigenvalue weighted by Gasteiger charge is 2.26. The van der Waals surface area contributed by atoms with Gasteiger partial charge in [0.1, 0.15) is 11.4 Å². The standard InChI is InChI=1S/C24H27N5O/c1-17-8-9-20(14-18(17)2)29-16-19-6-4-5-7-22(19)30-24-21(29)15-23(25-26-24)28-12-10-27(3)11-13-28/h4-9,14-15H,10-13,16H2,1-3H3. The number of aromatic nitrogens is 2. The number of fused-ring (bicyclic) bond motifs is 2. The highest BCUT2D eigenvalue weighted by atomic mass is 16.5. The van der Waals surface area contributed by atoms with Gasteiger partial charge in [-0.1, -0.05) is 24.3 Å². The topological polar surface area (TPSA) is 44.7 Å². The Morgan fingerprint density at radius 3 is 2.47 bits per heavy atom. The van der Waals surface area contributed by atoms with Crippen molar-refractivity contribution in [2.24, 2.45) is 0 Å². The van der Waals surface area contributed by atoms with Gasteiger partial charge < -0.3 is 19.4 Å². The van der Waals surface area contributed by atoms with E-state index >= 15 is 0 Å². The number of nitrogens with zero attached hydrogens (tertiary/aromatic N) is 5. The zero-order valence-electron chi connectivity index (χ0n) is 17.8. The molecule has 6 heteroatoms. The van der Waals surface area contributed by atoms with Crippen LogP contribution < -0.4 is 14.5 Å². The van der Waals surface area contributed by atoms with Gasteiger partial charge >= 0.3 is 0 Å². The van der Waals surface area contributed by atoms with Gasteiger partial charge in [0.2, 0.25) is 0 Å². The average molecular weight is 402 g/mol. The van der Waals surface area contributed by atoms with E-state index in [9.17, 15) is 0 Å². The van der Waals surface area contributed by atoms with Crippen molar-refractivity contribution >= 4 is 17.2 Å². The van der Waals surface area contributed by atoms with Gasteiger partial charge in [-0.15, -0.1) is 10.2 Å². The summed E-state index contributed by atoms with van der Waals surface area (Å²) in [5.41, 5.74) is 5.79. The lowest BCUT2D eigenvalue weighted by atomic mass is 10.1.